The number of hydrogen-bond acceptors (Lipinski definition) is 6. The van der Waals surface area contributed by atoms with Crippen LogP contribution in [-0.2, 0) is 4.79 Å². The summed E-state index contributed by atoms with van der Waals surface area (Å²) in [5.41, 5.74) is 7.97. The van der Waals surface area contributed by atoms with Crippen LogP contribution in [0.5, 0.6) is 17.2 Å². The van der Waals surface area contributed by atoms with Crippen LogP contribution in [0.2, 0.25) is 5.02 Å². The van der Waals surface area contributed by atoms with Crippen molar-refractivity contribution in [1.29, 1.82) is 0 Å². The van der Waals surface area contributed by atoms with Gasteiger partial charge in [-0.1, -0.05) is 11.6 Å². The first kappa shape index (κ1) is 19.3. The minimum Gasteiger partial charge on any atom is -0.508 e. The molecule has 1 aliphatic heterocycles. The van der Waals surface area contributed by atoms with Gasteiger partial charge in [-0.25, -0.2) is 10.9 Å². The van der Waals surface area contributed by atoms with Crippen LogP contribution in [0, 0.1) is 6.92 Å². The lowest BCUT2D eigenvalue weighted by molar-refractivity contribution is -0.117. The Morgan fingerprint density at radius 3 is 2.70 bits per heavy atom. The topological polar surface area (TPSA) is 91.9 Å². The molecule has 8 heteroatoms. The van der Waals surface area contributed by atoms with Gasteiger partial charge in [-0.2, -0.15) is 0 Å². The van der Waals surface area contributed by atoms with Gasteiger partial charge in [-0.15, -0.1) is 0 Å². The van der Waals surface area contributed by atoms with E-state index in [1.165, 1.54) is 7.11 Å². The van der Waals surface area contributed by atoms with Gasteiger partial charge in [0, 0.05) is 16.7 Å². The SMILES string of the molecule is COc1ccc(OC)c(NC(=O)C2CC(c3cc(Cl)c(C)cc3O)NN2)c1. The van der Waals surface area contributed by atoms with Crippen molar-refractivity contribution in [3.8, 4) is 17.2 Å². The molecule has 2 unspecified atom stereocenters. The lowest BCUT2D eigenvalue weighted by atomic mass is 9.99. The minimum absolute atomic E-state index is 0.145. The van der Waals surface area contributed by atoms with Crippen molar-refractivity contribution in [2.24, 2.45) is 0 Å². The van der Waals surface area contributed by atoms with Gasteiger partial charge in [-0.05, 0) is 43.2 Å². The summed E-state index contributed by atoms with van der Waals surface area (Å²) in [6.07, 6.45) is 0.449. The number of carbonyl (C=O) groups is 1. The average Bonchev–Trinajstić information content (AvgIpc) is 3.14. The van der Waals surface area contributed by atoms with Crippen LogP contribution in [0.1, 0.15) is 23.6 Å². The van der Waals surface area contributed by atoms with Crippen molar-refractivity contribution in [2.75, 3.05) is 19.5 Å². The summed E-state index contributed by atoms with van der Waals surface area (Å²) in [6.45, 7) is 1.82. The highest BCUT2D eigenvalue weighted by molar-refractivity contribution is 6.31. The highest BCUT2D eigenvalue weighted by Gasteiger charge is 2.32. The number of hydrogen-bond donors (Lipinski definition) is 4. The predicted molar refractivity (Wildman–Crippen MR) is 103 cm³/mol. The van der Waals surface area contributed by atoms with Gasteiger partial charge in [0.05, 0.1) is 25.9 Å². The molecule has 144 valence electrons. The molecule has 0 saturated carbocycles. The molecule has 1 heterocycles. The van der Waals surface area contributed by atoms with Crippen molar-refractivity contribution in [3.05, 3.63) is 46.5 Å². The second-order valence-corrected chi connectivity index (χ2v) is 6.75. The van der Waals surface area contributed by atoms with E-state index in [1.54, 1.807) is 37.4 Å². The molecule has 4 N–H and O–H groups in total. The first-order valence-corrected chi connectivity index (χ1v) is 8.83. The van der Waals surface area contributed by atoms with Gasteiger partial charge in [0.15, 0.2) is 0 Å². The Labute approximate surface area is 162 Å². The lowest BCUT2D eigenvalue weighted by Gasteiger charge is -2.15. The van der Waals surface area contributed by atoms with Crippen molar-refractivity contribution in [2.45, 2.75) is 25.4 Å². The van der Waals surface area contributed by atoms with Crippen LogP contribution < -0.4 is 25.6 Å². The first-order valence-electron chi connectivity index (χ1n) is 8.46. The molecule has 3 rings (SSSR count). The van der Waals surface area contributed by atoms with Crippen LogP contribution in [0.4, 0.5) is 5.69 Å². The standard InChI is InChI=1S/C19H22ClN3O4/c1-10-6-17(24)12(8-13(10)20)14-9-16(23-22-14)19(25)21-15-7-11(26-2)4-5-18(15)27-3/h4-8,14,16,22-24H,9H2,1-3H3,(H,21,25). The number of hydrazine groups is 1. The molecule has 1 aliphatic rings. The minimum atomic E-state index is -0.495. The van der Waals surface area contributed by atoms with Crippen LogP contribution >= 0.6 is 11.6 Å². The second kappa shape index (κ2) is 8.04. The van der Waals surface area contributed by atoms with Gasteiger partial charge < -0.3 is 19.9 Å². The van der Waals surface area contributed by atoms with E-state index in [0.29, 0.717) is 34.2 Å². The Morgan fingerprint density at radius 2 is 2.00 bits per heavy atom. The highest BCUT2D eigenvalue weighted by atomic mass is 35.5. The number of carbonyl (C=O) groups excluding carboxylic acids is 1. The summed E-state index contributed by atoms with van der Waals surface area (Å²) >= 11 is 6.17. The fourth-order valence-electron chi connectivity index (χ4n) is 3.02. The number of methoxy groups -OCH3 is 2. The maximum absolute atomic E-state index is 12.7. The van der Waals surface area contributed by atoms with E-state index in [0.717, 1.165) is 5.56 Å². The summed E-state index contributed by atoms with van der Waals surface area (Å²) in [5.74, 6) is 1.07. The van der Waals surface area contributed by atoms with Gasteiger partial charge >= 0.3 is 0 Å². The number of phenolic OH excluding ortho intramolecular Hbond substituents is 1. The van der Waals surface area contributed by atoms with Crippen LogP contribution in [0.15, 0.2) is 30.3 Å². The van der Waals surface area contributed by atoms with E-state index in [1.807, 2.05) is 6.92 Å². The molecular formula is C19H22ClN3O4. The molecule has 1 saturated heterocycles. The van der Waals surface area contributed by atoms with Gasteiger partial charge in [0.2, 0.25) is 5.91 Å². The van der Waals surface area contributed by atoms with E-state index in [-0.39, 0.29) is 17.7 Å². The molecule has 1 amide bonds. The van der Waals surface area contributed by atoms with E-state index >= 15 is 0 Å². The Bertz CT molecular complexity index is 859. The van der Waals surface area contributed by atoms with E-state index in [2.05, 4.69) is 16.2 Å². The number of phenols is 1. The number of anilines is 1. The smallest absolute Gasteiger partial charge is 0.243 e. The van der Waals surface area contributed by atoms with Crippen LogP contribution in [0.3, 0.4) is 0 Å². The summed E-state index contributed by atoms with van der Waals surface area (Å²) in [4.78, 5) is 12.7. The van der Waals surface area contributed by atoms with Crippen molar-refractivity contribution in [1.82, 2.24) is 10.9 Å². The Balaban J connectivity index is 1.72. The maximum atomic E-state index is 12.7. The summed E-state index contributed by atoms with van der Waals surface area (Å²) in [5, 5.41) is 13.6. The number of benzene rings is 2. The Morgan fingerprint density at radius 1 is 1.22 bits per heavy atom. The first-order chi connectivity index (χ1) is 12.9. The third-order valence-corrected chi connectivity index (χ3v) is 4.97. The number of aryl methyl sites for hydroxylation is 1. The molecule has 27 heavy (non-hydrogen) atoms. The van der Waals surface area contributed by atoms with Gasteiger partial charge in [-0.3, -0.25) is 4.79 Å². The monoisotopic (exact) mass is 391 g/mol. The van der Waals surface area contributed by atoms with E-state index in [4.69, 9.17) is 21.1 Å². The molecule has 0 bridgehead atoms. The lowest BCUT2D eigenvalue weighted by Crippen LogP contribution is -2.39. The van der Waals surface area contributed by atoms with Crippen molar-refractivity contribution < 1.29 is 19.4 Å². The summed E-state index contributed by atoms with van der Waals surface area (Å²) < 4.78 is 10.5. The summed E-state index contributed by atoms with van der Waals surface area (Å²) in [7, 11) is 3.09. The Hall–Kier alpha value is -2.48. The second-order valence-electron chi connectivity index (χ2n) is 6.35. The number of aromatic hydroxyl groups is 1. The number of amides is 1. The molecule has 0 spiro atoms. The molecule has 2 aromatic rings. The van der Waals surface area contributed by atoms with Crippen molar-refractivity contribution in [3.63, 3.8) is 0 Å². The molecular weight excluding hydrogens is 370 g/mol. The highest BCUT2D eigenvalue weighted by Crippen LogP contribution is 2.34. The van der Waals surface area contributed by atoms with E-state index in [9.17, 15) is 9.90 Å². The molecule has 0 aromatic heterocycles. The quantitative estimate of drug-likeness (QED) is 0.626. The Kier molecular flexibility index (Phi) is 5.74. The number of ether oxygens (including phenoxy) is 2. The van der Waals surface area contributed by atoms with Crippen molar-refractivity contribution >= 4 is 23.2 Å². The predicted octanol–water partition coefficient (Wildman–Crippen LogP) is 2.92. The molecule has 0 aliphatic carbocycles. The van der Waals surface area contributed by atoms with Gasteiger partial charge in [0.1, 0.15) is 23.3 Å². The zero-order valence-corrected chi connectivity index (χ0v) is 16.1. The summed E-state index contributed by atoms with van der Waals surface area (Å²) in [6, 6.07) is 7.78. The third-order valence-electron chi connectivity index (χ3n) is 4.57. The third kappa shape index (κ3) is 4.10. The molecule has 2 aromatic carbocycles. The van der Waals surface area contributed by atoms with E-state index < -0.39 is 6.04 Å². The molecule has 1 fully saturated rings. The maximum Gasteiger partial charge on any atom is 0.243 e. The zero-order chi connectivity index (χ0) is 19.6. The molecule has 7 nitrogen and oxygen atoms in total. The number of halogens is 1. The fourth-order valence-corrected chi connectivity index (χ4v) is 3.20. The number of rotatable bonds is 5. The average molecular weight is 392 g/mol. The molecule has 2 atom stereocenters. The number of nitrogens with one attached hydrogen (secondary N) is 3. The van der Waals surface area contributed by atoms with Crippen LogP contribution in [0.25, 0.3) is 0 Å². The van der Waals surface area contributed by atoms with Gasteiger partial charge in [0.25, 0.3) is 0 Å². The largest absolute Gasteiger partial charge is 0.508 e. The zero-order valence-electron chi connectivity index (χ0n) is 15.3. The normalized spacial score (nSPS) is 19.0. The molecule has 0 radical (unpaired) electrons. The van der Waals surface area contributed by atoms with Crippen LogP contribution in [-0.4, -0.2) is 31.3 Å². The fraction of sp³-hybridized carbons (Fsp3) is 0.316.